The van der Waals surface area contributed by atoms with Gasteiger partial charge in [0.2, 0.25) is 0 Å². The Morgan fingerprint density at radius 3 is 2.39 bits per heavy atom. The lowest BCUT2D eigenvalue weighted by molar-refractivity contribution is -0.127. The van der Waals surface area contributed by atoms with Crippen LogP contribution in [-0.2, 0) is 11.2 Å². The number of halogens is 1. The van der Waals surface area contributed by atoms with Crippen LogP contribution in [0.5, 0.6) is 5.75 Å². The van der Waals surface area contributed by atoms with Crippen LogP contribution in [-0.4, -0.2) is 18.1 Å². The molecule has 0 aromatic heterocycles. The van der Waals surface area contributed by atoms with Gasteiger partial charge in [-0.3, -0.25) is 4.79 Å². The van der Waals surface area contributed by atoms with Crippen molar-refractivity contribution in [2.75, 3.05) is 0 Å². The highest BCUT2D eigenvalue weighted by molar-refractivity contribution is 5.80. The molecule has 122 valence electrons. The van der Waals surface area contributed by atoms with E-state index in [1.54, 1.807) is 6.92 Å². The van der Waals surface area contributed by atoms with Gasteiger partial charge in [-0.2, -0.15) is 0 Å². The maximum Gasteiger partial charge on any atom is 0.260 e. The van der Waals surface area contributed by atoms with Crippen molar-refractivity contribution in [2.45, 2.75) is 38.8 Å². The third-order valence-corrected chi connectivity index (χ3v) is 3.59. The summed E-state index contributed by atoms with van der Waals surface area (Å²) in [5, 5.41) is 2.94. The number of hydrogen-bond acceptors (Lipinski definition) is 2. The second-order valence-electron chi connectivity index (χ2n) is 5.65. The minimum Gasteiger partial charge on any atom is -0.481 e. The highest BCUT2D eigenvalue weighted by atomic mass is 19.1. The molecule has 0 aliphatic heterocycles. The Labute approximate surface area is 136 Å². The Bertz CT molecular complexity index is 613. The molecule has 0 aliphatic carbocycles. The van der Waals surface area contributed by atoms with Crippen LogP contribution in [0, 0.1) is 5.82 Å². The third-order valence-electron chi connectivity index (χ3n) is 3.59. The van der Waals surface area contributed by atoms with Gasteiger partial charge in [-0.05, 0) is 56.5 Å². The van der Waals surface area contributed by atoms with E-state index in [0.29, 0.717) is 5.75 Å². The smallest absolute Gasteiger partial charge is 0.260 e. The van der Waals surface area contributed by atoms with Crippen LogP contribution in [0.3, 0.4) is 0 Å². The fourth-order valence-electron chi connectivity index (χ4n) is 2.23. The van der Waals surface area contributed by atoms with E-state index in [4.69, 9.17) is 4.74 Å². The van der Waals surface area contributed by atoms with E-state index in [1.165, 1.54) is 29.8 Å². The minimum absolute atomic E-state index is 0.0574. The van der Waals surface area contributed by atoms with Gasteiger partial charge in [-0.15, -0.1) is 0 Å². The average molecular weight is 315 g/mol. The summed E-state index contributed by atoms with van der Waals surface area (Å²) in [6, 6.07) is 15.9. The molecule has 2 rings (SSSR count). The highest BCUT2D eigenvalue weighted by Gasteiger charge is 2.16. The van der Waals surface area contributed by atoms with E-state index in [-0.39, 0.29) is 17.8 Å². The number of aryl methyl sites for hydroxylation is 1. The van der Waals surface area contributed by atoms with Gasteiger partial charge in [0, 0.05) is 6.04 Å². The number of amides is 1. The molecule has 3 nitrogen and oxygen atoms in total. The number of rotatable bonds is 7. The summed E-state index contributed by atoms with van der Waals surface area (Å²) in [5.41, 5.74) is 1.25. The molecular formula is C19H22FNO2. The Hall–Kier alpha value is -2.36. The number of carbonyl (C=O) groups is 1. The van der Waals surface area contributed by atoms with E-state index >= 15 is 0 Å². The molecule has 2 atom stereocenters. The van der Waals surface area contributed by atoms with E-state index in [1.807, 2.05) is 25.1 Å². The van der Waals surface area contributed by atoms with Gasteiger partial charge in [-0.1, -0.05) is 30.3 Å². The van der Waals surface area contributed by atoms with Crippen molar-refractivity contribution in [2.24, 2.45) is 0 Å². The van der Waals surface area contributed by atoms with Gasteiger partial charge in [0.25, 0.3) is 5.91 Å². The summed E-state index contributed by atoms with van der Waals surface area (Å²) in [5.74, 6) is -0.0233. The van der Waals surface area contributed by atoms with Crippen molar-refractivity contribution >= 4 is 5.91 Å². The van der Waals surface area contributed by atoms with Crippen molar-refractivity contribution in [3.05, 3.63) is 66.0 Å². The molecule has 0 fully saturated rings. The lowest BCUT2D eigenvalue weighted by Crippen LogP contribution is -2.41. The summed E-state index contributed by atoms with van der Waals surface area (Å²) in [6.45, 7) is 3.66. The Morgan fingerprint density at radius 2 is 1.74 bits per heavy atom. The van der Waals surface area contributed by atoms with E-state index in [0.717, 1.165) is 12.8 Å². The molecule has 0 unspecified atom stereocenters. The first-order valence-corrected chi connectivity index (χ1v) is 7.81. The minimum atomic E-state index is -0.625. The largest absolute Gasteiger partial charge is 0.481 e. The standard InChI is InChI=1S/C19H22FNO2/c1-14(8-9-16-6-4-3-5-7-16)21-19(22)15(2)23-18-12-10-17(20)11-13-18/h3-7,10-15H,8-9H2,1-2H3,(H,21,22)/t14-,15-/m1/s1. The van der Waals surface area contributed by atoms with Crippen LogP contribution in [0.1, 0.15) is 25.8 Å². The number of benzene rings is 2. The van der Waals surface area contributed by atoms with E-state index in [2.05, 4.69) is 17.4 Å². The number of nitrogens with one attached hydrogen (secondary N) is 1. The number of ether oxygens (including phenoxy) is 1. The maximum absolute atomic E-state index is 12.8. The van der Waals surface area contributed by atoms with Crippen molar-refractivity contribution in [1.82, 2.24) is 5.32 Å². The molecule has 2 aromatic rings. The van der Waals surface area contributed by atoms with Gasteiger partial charge < -0.3 is 10.1 Å². The molecule has 23 heavy (non-hydrogen) atoms. The number of hydrogen-bond donors (Lipinski definition) is 1. The maximum atomic E-state index is 12.8. The van der Waals surface area contributed by atoms with Gasteiger partial charge >= 0.3 is 0 Å². The van der Waals surface area contributed by atoms with Crippen LogP contribution in [0.2, 0.25) is 0 Å². The molecule has 0 saturated carbocycles. The van der Waals surface area contributed by atoms with Gasteiger partial charge in [0.05, 0.1) is 0 Å². The predicted molar refractivity (Wildman–Crippen MR) is 88.9 cm³/mol. The van der Waals surface area contributed by atoms with Crippen LogP contribution in [0.4, 0.5) is 4.39 Å². The second kappa shape index (κ2) is 8.32. The topological polar surface area (TPSA) is 38.3 Å². The van der Waals surface area contributed by atoms with Gasteiger partial charge in [0.15, 0.2) is 6.10 Å². The van der Waals surface area contributed by atoms with Crippen LogP contribution in [0.25, 0.3) is 0 Å². The predicted octanol–water partition coefficient (Wildman–Crippen LogP) is 3.73. The summed E-state index contributed by atoms with van der Waals surface area (Å²) in [4.78, 5) is 12.1. The molecule has 0 radical (unpaired) electrons. The quantitative estimate of drug-likeness (QED) is 0.845. The molecule has 0 saturated heterocycles. The first-order chi connectivity index (χ1) is 11.0. The highest BCUT2D eigenvalue weighted by Crippen LogP contribution is 2.13. The summed E-state index contributed by atoms with van der Waals surface area (Å²) in [6.07, 6.45) is 1.15. The monoisotopic (exact) mass is 315 g/mol. The molecule has 0 bridgehead atoms. The van der Waals surface area contributed by atoms with Crippen LogP contribution >= 0.6 is 0 Å². The zero-order valence-electron chi connectivity index (χ0n) is 13.5. The average Bonchev–Trinajstić information content (AvgIpc) is 2.56. The first-order valence-electron chi connectivity index (χ1n) is 7.81. The van der Waals surface area contributed by atoms with Crippen molar-refractivity contribution < 1.29 is 13.9 Å². The SMILES string of the molecule is C[C@H](CCc1ccccc1)NC(=O)[C@@H](C)Oc1ccc(F)cc1. The van der Waals surface area contributed by atoms with E-state index < -0.39 is 6.10 Å². The van der Waals surface area contributed by atoms with Crippen LogP contribution < -0.4 is 10.1 Å². The molecule has 1 amide bonds. The Morgan fingerprint density at radius 1 is 1.09 bits per heavy atom. The molecule has 1 N–H and O–H groups in total. The molecule has 0 heterocycles. The Kier molecular flexibility index (Phi) is 6.15. The van der Waals surface area contributed by atoms with Crippen molar-refractivity contribution in [3.63, 3.8) is 0 Å². The second-order valence-corrected chi connectivity index (χ2v) is 5.65. The van der Waals surface area contributed by atoms with Crippen molar-refractivity contribution in [3.8, 4) is 5.75 Å². The molecule has 4 heteroatoms. The zero-order valence-corrected chi connectivity index (χ0v) is 13.5. The normalized spacial score (nSPS) is 13.2. The molecule has 0 aliphatic rings. The third kappa shape index (κ3) is 5.74. The fourth-order valence-corrected chi connectivity index (χ4v) is 2.23. The first kappa shape index (κ1) is 17.0. The van der Waals surface area contributed by atoms with Crippen LogP contribution in [0.15, 0.2) is 54.6 Å². The summed E-state index contributed by atoms with van der Waals surface area (Å²) in [7, 11) is 0. The summed E-state index contributed by atoms with van der Waals surface area (Å²) >= 11 is 0. The van der Waals surface area contributed by atoms with Gasteiger partial charge in [-0.25, -0.2) is 4.39 Å². The summed E-state index contributed by atoms with van der Waals surface area (Å²) < 4.78 is 18.4. The fraction of sp³-hybridized carbons (Fsp3) is 0.316. The lowest BCUT2D eigenvalue weighted by atomic mass is 10.1. The molecule has 2 aromatic carbocycles. The van der Waals surface area contributed by atoms with Gasteiger partial charge in [0.1, 0.15) is 11.6 Å². The lowest BCUT2D eigenvalue weighted by Gasteiger charge is -2.18. The Balaban J connectivity index is 1.77. The number of carbonyl (C=O) groups excluding carboxylic acids is 1. The zero-order chi connectivity index (χ0) is 16.7. The molecular weight excluding hydrogens is 293 g/mol. The molecule has 0 spiro atoms. The van der Waals surface area contributed by atoms with Crippen molar-refractivity contribution in [1.29, 1.82) is 0 Å². The van der Waals surface area contributed by atoms with E-state index in [9.17, 15) is 9.18 Å².